The van der Waals surface area contributed by atoms with Gasteiger partial charge in [0.2, 0.25) is 0 Å². The maximum Gasteiger partial charge on any atom is 0 e. The third-order valence-corrected chi connectivity index (χ3v) is 1.51. The van der Waals surface area contributed by atoms with Crippen LogP contribution in [0.15, 0.2) is 36.4 Å². The summed E-state index contributed by atoms with van der Waals surface area (Å²) in [5.41, 5.74) is 0. The van der Waals surface area contributed by atoms with Crippen LogP contribution < -0.4 is 0 Å². The Balaban J connectivity index is 0.000000605. The molecule has 0 aliphatic heterocycles. The van der Waals surface area contributed by atoms with Crippen molar-refractivity contribution in [3.63, 3.8) is 0 Å². The van der Waals surface area contributed by atoms with E-state index in [1.54, 1.807) is 0 Å². The van der Waals surface area contributed by atoms with Gasteiger partial charge in [0.25, 0.3) is 0 Å². The normalized spacial score (nSPS) is 8.33. The molecular formula is C10H6Y2-2. The topological polar surface area (TPSA) is 0 Å². The van der Waals surface area contributed by atoms with Gasteiger partial charge in [0.15, 0.2) is 0 Å². The van der Waals surface area contributed by atoms with Gasteiger partial charge < -0.3 is 0 Å². The van der Waals surface area contributed by atoms with E-state index in [0.29, 0.717) is 0 Å². The Kier molecular flexibility index (Phi) is 6.86. The summed E-state index contributed by atoms with van der Waals surface area (Å²) in [5, 5.41) is 2.35. The molecule has 0 saturated heterocycles. The Bertz CT molecular complexity index is 279. The van der Waals surface area contributed by atoms with Crippen molar-refractivity contribution in [1.29, 1.82) is 0 Å². The Labute approximate surface area is 123 Å². The zero-order valence-electron chi connectivity index (χ0n) is 6.62. The molecule has 2 aromatic rings. The van der Waals surface area contributed by atoms with Crippen molar-refractivity contribution < 1.29 is 65.4 Å². The van der Waals surface area contributed by atoms with E-state index in [2.05, 4.69) is 18.2 Å². The van der Waals surface area contributed by atoms with E-state index in [1.807, 2.05) is 30.3 Å². The summed E-state index contributed by atoms with van der Waals surface area (Å²) in [7, 11) is 0. The molecule has 0 amide bonds. The van der Waals surface area contributed by atoms with Crippen LogP contribution in [0.1, 0.15) is 0 Å². The molecule has 0 aromatic heterocycles. The van der Waals surface area contributed by atoms with E-state index in [-0.39, 0.29) is 65.4 Å². The van der Waals surface area contributed by atoms with Crippen molar-refractivity contribution in [3.8, 4) is 0 Å². The van der Waals surface area contributed by atoms with Crippen molar-refractivity contribution in [1.82, 2.24) is 0 Å². The van der Waals surface area contributed by atoms with Crippen LogP contribution in [0.3, 0.4) is 0 Å². The van der Waals surface area contributed by atoms with Gasteiger partial charge in [-0.15, -0.1) is 41.1 Å². The molecule has 0 aliphatic rings. The van der Waals surface area contributed by atoms with Crippen LogP contribution in [0.5, 0.6) is 0 Å². The fraction of sp³-hybridized carbons (Fsp3) is 0. The van der Waals surface area contributed by atoms with E-state index in [0.717, 1.165) is 5.39 Å². The average Bonchev–Trinajstić information content (AvgIpc) is 2.05. The quantitative estimate of drug-likeness (QED) is 0.656. The predicted octanol–water partition coefficient (Wildman–Crippen LogP) is 2.44. The molecule has 0 aliphatic carbocycles. The van der Waals surface area contributed by atoms with Crippen molar-refractivity contribution >= 4 is 10.8 Å². The second kappa shape index (κ2) is 6.37. The molecule has 2 aromatic carbocycles. The zero-order chi connectivity index (χ0) is 6.81. The second-order valence-electron chi connectivity index (χ2n) is 2.18. The maximum atomic E-state index is 3.13. The van der Waals surface area contributed by atoms with Crippen molar-refractivity contribution in [2.24, 2.45) is 0 Å². The number of hydrogen-bond acceptors (Lipinski definition) is 0. The minimum Gasteiger partial charge on any atom is -0.177 e. The number of fused-ring (bicyclic) bond motifs is 1. The zero-order valence-corrected chi connectivity index (χ0v) is 12.3. The van der Waals surface area contributed by atoms with E-state index < -0.39 is 0 Å². The van der Waals surface area contributed by atoms with Crippen LogP contribution in [0.2, 0.25) is 0 Å². The summed E-state index contributed by atoms with van der Waals surface area (Å²) in [5.74, 6) is 0. The molecule has 2 rings (SSSR count). The minimum absolute atomic E-state index is 0. The Hall–Kier alpha value is 0.908. The molecule has 0 unspecified atom stereocenters. The van der Waals surface area contributed by atoms with E-state index in [4.69, 9.17) is 0 Å². The number of rotatable bonds is 0. The first-order valence-corrected chi connectivity index (χ1v) is 3.23. The van der Waals surface area contributed by atoms with Crippen LogP contribution in [0.25, 0.3) is 10.8 Å². The van der Waals surface area contributed by atoms with Crippen molar-refractivity contribution in [2.45, 2.75) is 0 Å². The standard InChI is InChI=1S/C10H6.2Y/c1-2-6-10-8-4-3-7-9(10)5-1;;/h1-3,6-8H;;/q-2;;. The molecule has 2 radical (unpaired) electrons. The molecule has 0 atom stereocenters. The van der Waals surface area contributed by atoms with Crippen LogP contribution >= 0.6 is 0 Å². The number of benzene rings is 2. The average molecular weight is 304 g/mol. The van der Waals surface area contributed by atoms with Gasteiger partial charge in [0, 0.05) is 65.4 Å². The second-order valence-corrected chi connectivity index (χ2v) is 2.18. The molecule has 2 heteroatoms. The third kappa shape index (κ3) is 3.00. The van der Waals surface area contributed by atoms with Gasteiger partial charge in [-0.1, -0.05) is 0 Å². The molecule has 12 heavy (non-hydrogen) atoms. The number of hydrogen-bond donors (Lipinski definition) is 0. The fourth-order valence-electron chi connectivity index (χ4n) is 1.00. The minimum atomic E-state index is 0. The van der Waals surface area contributed by atoms with Gasteiger partial charge in [0.05, 0.1) is 0 Å². The SMILES string of the molecule is [Y].[Y].[c-]1ccc2[c-]cccc2c1. The third-order valence-electron chi connectivity index (χ3n) is 1.51. The first-order chi connectivity index (χ1) is 4.97. The van der Waals surface area contributed by atoms with Gasteiger partial charge in [-0.3, -0.25) is 0 Å². The van der Waals surface area contributed by atoms with Gasteiger partial charge >= 0.3 is 0 Å². The summed E-state index contributed by atoms with van der Waals surface area (Å²) in [6, 6.07) is 18.0. The van der Waals surface area contributed by atoms with E-state index in [9.17, 15) is 0 Å². The molecule has 0 fully saturated rings. The van der Waals surface area contributed by atoms with Crippen molar-refractivity contribution in [2.75, 3.05) is 0 Å². The largest absolute Gasteiger partial charge is 0.177 e. The van der Waals surface area contributed by atoms with Crippen LogP contribution in [0.4, 0.5) is 0 Å². The first kappa shape index (κ1) is 12.9. The molecule has 0 saturated carbocycles. The first-order valence-electron chi connectivity index (χ1n) is 3.23. The molecule has 54 valence electrons. The molecular weight excluding hydrogens is 298 g/mol. The summed E-state index contributed by atoms with van der Waals surface area (Å²) in [4.78, 5) is 0. The Morgan fingerprint density at radius 1 is 1.00 bits per heavy atom. The smallest absolute Gasteiger partial charge is 0 e. The molecule has 0 nitrogen and oxygen atoms in total. The molecule has 0 spiro atoms. The summed E-state index contributed by atoms with van der Waals surface area (Å²) < 4.78 is 0. The van der Waals surface area contributed by atoms with Gasteiger partial charge in [0.1, 0.15) is 0 Å². The predicted molar refractivity (Wildman–Crippen MR) is 41.6 cm³/mol. The van der Waals surface area contributed by atoms with Crippen molar-refractivity contribution in [3.05, 3.63) is 48.5 Å². The van der Waals surface area contributed by atoms with Gasteiger partial charge in [-0.2, -0.15) is 18.2 Å². The maximum absolute atomic E-state index is 3.13. The van der Waals surface area contributed by atoms with Crippen LogP contribution in [0, 0.1) is 12.1 Å². The monoisotopic (exact) mass is 304 g/mol. The summed E-state index contributed by atoms with van der Waals surface area (Å²) in [6.07, 6.45) is 0. The molecule has 0 N–H and O–H groups in total. The Morgan fingerprint density at radius 2 is 1.83 bits per heavy atom. The van der Waals surface area contributed by atoms with E-state index in [1.165, 1.54) is 5.39 Å². The summed E-state index contributed by atoms with van der Waals surface area (Å²) in [6.45, 7) is 0. The van der Waals surface area contributed by atoms with Crippen LogP contribution in [-0.2, 0) is 65.4 Å². The summed E-state index contributed by atoms with van der Waals surface area (Å²) >= 11 is 0. The molecule has 0 bridgehead atoms. The molecule has 0 heterocycles. The Morgan fingerprint density at radius 3 is 2.58 bits per heavy atom. The van der Waals surface area contributed by atoms with E-state index >= 15 is 0 Å². The van der Waals surface area contributed by atoms with Gasteiger partial charge in [-0.25, -0.2) is 0 Å². The van der Waals surface area contributed by atoms with Gasteiger partial charge in [-0.05, 0) is 0 Å². The van der Waals surface area contributed by atoms with Crippen LogP contribution in [-0.4, -0.2) is 0 Å². The fourth-order valence-corrected chi connectivity index (χ4v) is 1.00.